The summed E-state index contributed by atoms with van der Waals surface area (Å²) in [5.74, 6) is 0.791. The fraction of sp³-hybridized carbons (Fsp3) is 0.273. The van der Waals surface area contributed by atoms with Crippen molar-refractivity contribution in [1.82, 2.24) is 9.66 Å². The van der Waals surface area contributed by atoms with Gasteiger partial charge in [-0.1, -0.05) is 22.9 Å². The van der Waals surface area contributed by atoms with Gasteiger partial charge in [-0.2, -0.15) is 9.78 Å². The van der Waals surface area contributed by atoms with Crippen LogP contribution < -0.4 is 15.0 Å². The molecule has 1 heterocycles. The molecule has 0 aliphatic heterocycles. The monoisotopic (exact) mass is 565 g/mol. The normalized spacial score (nSPS) is 12.2. The lowest BCUT2D eigenvalue weighted by Crippen LogP contribution is -2.25. The Morgan fingerprint density at radius 3 is 2.62 bits per heavy atom. The van der Waals surface area contributed by atoms with Crippen LogP contribution in [-0.2, 0) is 16.0 Å². The molecule has 8 nitrogen and oxygen atoms in total. The van der Waals surface area contributed by atoms with Crippen molar-refractivity contribution in [1.29, 1.82) is 0 Å². The summed E-state index contributed by atoms with van der Waals surface area (Å²) >= 11 is 6.87. The maximum absolute atomic E-state index is 13.0. The molecular weight excluding hydrogens is 546 g/mol. The number of fused-ring (bicyclic) bond motifs is 1. The maximum atomic E-state index is 13.0. The second-order valence-electron chi connectivity index (χ2n) is 6.71. The number of hydrogen-bond donors (Lipinski definition) is 0. The minimum atomic E-state index is -0.811. The Bertz CT molecular complexity index is 1260. The smallest absolute Gasteiger partial charge is 0.346 e. The number of aromatic nitrogens is 2. The summed E-state index contributed by atoms with van der Waals surface area (Å²) in [6, 6.07) is 8.72. The molecule has 0 saturated heterocycles. The first-order chi connectivity index (χ1) is 15.3. The van der Waals surface area contributed by atoms with Crippen LogP contribution in [-0.4, -0.2) is 42.2 Å². The molecule has 1 aromatic heterocycles. The first-order valence-electron chi connectivity index (χ1n) is 9.66. The average Bonchev–Trinajstić information content (AvgIpc) is 2.79. The highest BCUT2D eigenvalue weighted by Gasteiger charge is 2.18. The van der Waals surface area contributed by atoms with Gasteiger partial charge in [-0.3, -0.25) is 4.79 Å². The highest BCUT2D eigenvalue weighted by Crippen LogP contribution is 2.33. The zero-order chi connectivity index (χ0) is 23.4. The molecule has 0 radical (unpaired) electrons. The number of carbonyl (C=O) groups excluding carboxylic acids is 1. The Kier molecular flexibility index (Phi) is 7.68. The van der Waals surface area contributed by atoms with Crippen LogP contribution in [0.5, 0.6) is 11.5 Å². The third-order valence-corrected chi connectivity index (χ3v) is 5.80. The Morgan fingerprint density at radius 1 is 1.22 bits per heavy atom. The first kappa shape index (κ1) is 23.9. The van der Waals surface area contributed by atoms with E-state index in [1.54, 1.807) is 31.2 Å². The minimum Gasteiger partial charge on any atom is -0.493 e. The van der Waals surface area contributed by atoms with Crippen molar-refractivity contribution in [3.05, 3.63) is 61.0 Å². The van der Waals surface area contributed by atoms with Gasteiger partial charge in [0.15, 0.2) is 17.6 Å². The van der Waals surface area contributed by atoms with Crippen LogP contribution in [0.25, 0.3) is 10.9 Å². The van der Waals surface area contributed by atoms with Crippen molar-refractivity contribution < 1.29 is 19.0 Å². The van der Waals surface area contributed by atoms with Crippen LogP contribution in [0.15, 0.2) is 49.2 Å². The molecule has 0 N–H and O–H groups in total. The summed E-state index contributed by atoms with van der Waals surface area (Å²) in [5.41, 5.74) is 0.994. The van der Waals surface area contributed by atoms with Crippen molar-refractivity contribution >= 4 is 54.9 Å². The van der Waals surface area contributed by atoms with E-state index in [-0.39, 0.29) is 5.56 Å². The van der Waals surface area contributed by atoms with E-state index < -0.39 is 12.1 Å². The molecule has 32 heavy (non-hydrogen) atoms. The molecule has 0 bridgehead atoms. The fourth-order valence-electron chi connectivity index (χ4n) is 2.97. The summed E-state index contributed by atoms with van der Waals surface area (Å²) in [7, 11) is 2.78. The lowest BCUT2D eigenvalue weighted by atomic mass is 10.2. The highest BCUT2D eigenvalue weighted by atomic mass is 79.9. The van der Waals surface area contributed by atoms with Crippen molar-refractivity contribution in [2.45, 2.75) is 26.4 Å². The zero-order valence-corrected chi connectivity index (χ0v) is 21.1. The second kappa shape index (κ2) is 10.3. The Labute approximate surface area is 201 Å². The lowest BCUT2D eigenvalue weighted by Gasteiger charge is -2.16. The van der Waals surface area contributed by atoms with Crippen molar-refractivity contribution in [2.75, 3.05) is 14.2 Å². The summed E-state index contributed by atoms with van der Waals surface area (Å²) in [6.45, 7) is 3.49. The summed E-state index contributed by atoms with van der Waals surface area (Å²) in [5, 5.41) is 4.86. The van der Waals surface area contributed by atoms with E-state index in [4.69, 9.17) is 14.2 Å². The van der Waals surface area contributed by atoms with Gasteiger partial charge in [-0.15, -0.1) is 0 Å². The van der Waals surface area contributed by atoms with Crippen LogP contribution in [0, 0.1) is 0 Å². The highest BCUT2D eigenvalue weighted by molar-refractivity contribution is 9.10. The number of aryl methyl sites for hydroxylation is 1. The average molecular weight is 567 g/mol. The number of benzene rings is 2. The quantitative estimate of drug-likeness (QED) is 0.312. The molecule has 0 amide bonds. The molecule has 1 atom stereocenters. The first-order valence-corrected chi connectivity index (χ1v) is 11.2. The van der Waals surface area contributed by atoms with Crippen LogP contribution in [0.2, 0.25) is 0 Å². The molecule has 0 unspecified atom stereocenters. The number of esters is 1. The number of carbonyl (C=O) groups is 1. The Morgan fingerprint density at radius 2 is 1.97 bits per heavy atom. The van der Waals surface area contributed by atoms with Gasteiger partial charge < -0.3 is 14.2 Å². The van der Waals surface area contributed by atoms with Crippen LogP contribution in [0.1, 0.15) is 25.2 Å². The maximum Gasteiger partial charge on any atom is 0.346 e. The molecule has 0 saturated carbocycles. The number of ether oxygens (including phenoxy) is 3. The van der Waals surface area contributed by atoms with E-state index in [2.05, 4.69) is 41.9 Å². The third-order valence-electron chi connectivity index (χ3n) is 4.62. The van der Waals surface area contributed by atoms with Crippen molar-refractivity contribution in [3.63, 3.8) is 0 Å². The van der Waals surface area contributed by atoms with Crippen molar-refractivity contribution in [2.24, 2.45) is 5.10 Å². The van der Waals surface area contributed by atoms with E-state index in [9.17, 15) is 9.59 Å². The van der Waals surface area contributed by atoms with Gasteiger partial charge in [-0.25, -0.2) is 9.78 Å². The number of rotatable bonds is 7. The molecule has 0 spiro atoms. The van der Waals surface area contributed by atoms with E-state index in [0.717, 1.165) is 4.47 Å². The summed E-state index contributed by atoms with van der Waals surface area (Å²) < 4.78 is 18.5. The van der Waals surface area contributed by atoms with Crippen molar-refractivity contribution in [3.8, 4) is 11.5 Å². The molecule has 3 rings (SSSR count). The molecule has 0 fully saturated rings. The van der Waals surface area contributed by atoms with Gasteiger partial charge in [0, 0.05) is 20.9 Å². The van der Waals surface area contributed by atoms with Crippen LogP contribution >= 0.6 is 31.9 Å². The molecule has 10 heteroatoms. The Hall–Kier alpha value is -2.72. The van der Waals surface area contributed by atoms with E-state index >= 15 is 0 Å². The number of methoxy groups -OCH3 is 2. The van der Waals surface area contributed by atoms with Crippen LogP contribution in [0.4, 0.5) is 0 Å². The predicted octanol–water partition coefficient (Wildman–Crippen LogP) is 4.32. The molecule has 0 aliphatic rings. The number of halogens is 2. The third kappa shape index (κ3) is 5.02. The molecule has 0 aliphatic carbocycles. The zero-order valence-electron chi connectivity index (χ0n) is 17.9. The number of hydrogen-bond acceptors (Lipinski definition) is 7. The molecular formula is C22H21Br2N3O5. The van der Waals surface area contributed by atoms with E-state index in [1.165, 1.54) is 25.1 Å². The predicted molar refractivity (Wildman–Crippen MR) is 129 cm³/mol. The van der Waals surface area contributed by atoms with Crippen LogP contribution in [0.3, 0.4) is 0 Å². The topological polar surface area (TPSA) is 92.0 Å². The number of nitrogens with zero attached hydrogens (tertiary/aromatic N) is 3. The summed E-state index contributed by atoms with van der Waals surface area (Å²) in [4.78, 5) is 29.3. The fourth-order valence-corrected chi connectivity index (χ4v) is 3.75. The van der Waals surface area contributed by atoms with E-state index in [1.807, 2.05) is 13.0 Å². The molecule has 2 aromatic carbocycles. The molecule has 168 valence electrons. The van der Waals surface area contributed by atoms with Gasteiger partial charge in [0.2, 0.25) is 0 Å². The van der Waals surface area contributed by atoms with Gasteiger partial charge in [0.1, 0.15) is 5.82 Å². The van der Waals surface area contributed by atoms with Gasteiger partial charge >= 0.3 is 5.97 Å². The standard InChI is InChI=1S/C22H21Br2N3O5/c1-5-20-26-17-7-6-14(23)9-15(17)21(28)27(20)25-11-13-8-18(30-3)19(10-16(13)24)32-12(2)22(29)31-4/h6-12H,5H2,1-4H3/t12-/m0/s1. The van der Waals surface area contributed by atoms with Gasteiger partial charge in [0.25, 0.3) is 5.56 Å². The van der Waals surface area contributed by atoms with E-state index in [0.29, 0.717) is 44.7 Å². The minimum absolute atomic E-state index is 0.264. The van der Waals surface area contributed by atoms with Gasteiger partial charge in [0.05, 0.1) is 31.3 Å². The summed E-state index contributed by atoms with van der Waals surface area (Å²) in [6.07, 6.45) is 1.25. The van der Waals surface area contributed by atoms with Gasteiger partial charge in [-0.05, 0) is 53.2 Å². The Balaban J connectivity index is 2.02. The molecule has 3 aromatic rings. The second-order valence-corrected chi connectivity index (χ2v) is 8.48. The lowest BCUT2D eigenvalue weighted by molar-refractivity contribution is -0.147. The SMILES string of the molecule is CCc1nc2ccc(Br)cc2c(=O)n1N=Cc1cc(OC)c(O[C@@H](C)C(=O)OC)cc1Br. The largest absolute Gasteiger partial charge is 0.493 e.